The molecule has 1 heterocycles. The summed E-state index contributed by atoms with van der Waals surface area (Å²) in [6.07, 6.45) is 0.0269. The number of carboxylic acids is 1. The Bertz CT molecular complexity index is 676. The lowest BCUT2D eigenvalue weighted by Gasteiger charge is -2.03. The third-order valence-electron chi connectivity index (χ3n) is 2.38. The molecule has 1 aromatic heterocycles. The first-order chi connectivity index (χ1) is 8.47. The summed E-state index contributed by atoms with van der Waals surface area (Å²) in [6.45, 7) is 0. The molecule has 1 N–H and O–H groups in total. The van der Waals surface area contributed by atoms with Crippen molar-refractivity contribution in [3.05, 3.63) is 44.2 Å². The van der Waals surface area contributed by atoms with Gasteiger partial charge in [-0.1, -0.05) is 23.2 Å². The van der Waals surface area contributed by atoms with E-state index in [-0.39, 0.29) is 34.3 Å². The van der Waals surface area contributed by atoms with E-state index in [1.807, 2.05) is 0 Å². The monoisotopic (exact) mass is 286 g/mol. The van der Waals surface area contributed by atoms with Crippen LogP contribution in [-0.2, 0) is 11.2 Å². The summed E-state index contributed by atoms with van der Waals surface area (Å²) in [5.74, 6) is -0.668. The second kappa shape index (κ2) is 5.00. The van der Waals surface area contributed by atoms with Crippen LogP contribution in [0.3, 0.4) is 0 Å². The summed E-state index contributed by atoms with van der Waals surface area (Å²) in [5, 5.41) is 9.44. The fourth-order valence-electron chi connectivity index (χ4n) is 1.58. The van der Waals surface area contributed by atoms with E-state index in [2.05, 4.69) is 0 Å². The largest absolute Gasteiger partial charge is 0.481 e. The molecular formula is C12H8Cl2O4. The lowest BCUT2D eigenvalue weighted by molar-refractivity contribution is -0.137. The van der Waals surface area contributed by atoms with E-state index in [1.54, 1.807) is 0 Å². The molecule has 0 aliphatic heterocycles. The van der Waals surface area contributed by atoms with Crippen molar-refractivity contribution in [2.45, 2.75) is 12.8 Å². The maximum absolute atomic E-state index is 11.8. The van der Waals surface area contributed by atoms with Gasteiger partial charge in [0.15, 0.2) is 11.0 Å². The maximum atomic E-state index is 11.8. The molecule has 0 fully saturated rings. The van der Waals surface area contributed by atoms with Crippen LogP contribution in [0.5, 0.6) is 0 Å². The maximum Gasteiger partial charge on any atom is 0.303 e. The van der Waals surface area contributed by atoms with Crippen molar-refractivity contribution in [2.24, 2.45) is 0 Å². The minimum Gasteiger partial charge on any atom is -0.481 e. The Kier molecular flexibility index (Phi) is 3.59. The Hall–Kier alpha value is -1.52. The Balaban J connectivity index is 2.55. The molecule has 0 amide bonds. The van der Waals surface area contributed by atoms with Gasteiger partial charge in [-0.05, 0) is 12.1 Å². The molecule has 18 heavy (non-hydrogen) atoms. The molecule has 0 atom stereocenters. The van der Waals surface area contributed by atoms with Crippen LogP contribution in [-0.4, -0.2) is 11.1 Å². The van der Waals surface area contributed by atoms with Crippen molar-refractivity contribution in [1.29, 1.82) is 0 Å². The molecule has 6 heteroatoms. The van der Waals surface area contributed by atoms with Crippen molar-refractivity contribution in [3.8, 4) is 0 Å². The van der Waals surface area contributed by atoms with Crippen LogP contribution in [0, 0.1) is 0 Å². The molecule has 2 rings (SSSR count). The van der Waals surface area contributed by atoms with Gasteiger partial charge in [0.05, 0.1) is 16.8 Å². The summed E-state index contributed by atoms with van der Waals surface area (Å²) in [4.78, 5) is 22.3. The third-order valence-corrected chi connectivity index (χ3v) is 2.88. The van der Waals surface area contributed by atoms with Gasteiger partial charge < -0.3 is 9.52 Å². The standard InChI is InChI=1S/C12H8Cl2O4/c13-6-3-8-10(15)5-7(1-2-11(16)17)18-12(8)9(14)4-6/h3-5H,1-2H2,(H,16,17). The van der Waals surface area contributed by atoms with Crippen molar-refractivity contribution >= 4 is 40.1 Å². The van der Waals surface area contributed by atoms with Crippen molar-refractivity contribution in [2.75, 3.05) is 0 Å². The number of benzene rings is 1. The molecule has 0 saturated heterocycles. The Morgan fingerprint density at radius 1 is 1.28 bits per heavy atom. The summed E-state index contributed by atoms with van der Waals surface area (Å²) in [7, 11) is 0. The van der Waals surface area contributed by atoms with Crippen molar-refractivity contribution < 1.29 is 14.3 Å². The second-order valence-corrected chi connectivity index (χ2v) is 4.58. The van der Waals surface area contributed by atoms with E-state index in [0.29, 0.717) is 10.8 Å². The lowest BCUT2D eigenvalue weighted by atomic mass is 10.2. The first-order valence-electron chi connectivity index (χ1n) is 5.11. The zero-order valence-electron chi connectivity index (χ0n) is 9.07. The number of carbonyl (C=O) groups is 1. The van der Waals surface area contributed by atoms with Gasteiger partial charge in [-0.25, -0.2) is 0 Å². The molecule has 0 bridgehead atoms. The van der Waals surface area contributed by atoms with Crippen LogP contribution in [0.25, 0.3) is 11.0 Å². The van der Waals surface area contributed by atoms with Gasteiger partial charge in [0.2, 0.25) is 0 Å². The van der Waals surface area contributed by atoms with Gasteiger partial charge in [-0.3, -0.25) is 9.59 Å². The smallest absolute Gasteiger partial charge is 0.303 e. The van der Waals surface area contributed by atoms with E-state index >= 15 is 0 Å². The molecule has 94 valence electrons. The Morgan fingerprint density at radius 3 is 2.67 bits per heavy atom. The van der Waals surface area contributed by atoms with Gasteiger partial charge in [0, 0.05) is 17.5 Å². The minimum atomic E-state index is -0.958. The van der Waals surface area contributed by atoms with E-state index < -0.39 is 5.97 Å². The van der Waals surface area contributed by atoms with Gasteiger partial charge in [0.25, 0.3) is 0 Å². The molecule has 1 aromatic carbocycles. The second-order valence-electron chi connectivity index (χ2n) is 3.73. The predicted octanol–water partition coefficient (Wildman–Crippen LogP) is 3.12. The molecule has 4 nitrogen and oxygen atoms in total. The summed E-state index contributed by atoms with van der Waals surface area (Å²) in [6, 6.07) is 4.20. The molecule has 0 radical (unpaired) electrons. The zero-order valence-corrected chi connectivity index (χ0v) is 10.6. The SMILES string of the molecule is O=C(O)CCc1cc(=O)c2cc(Cl)cc(Cl)c2o1. The number of hydrogen-bond acceptors (Lipinski definition) is 3. The number of fused-ring (bicyclic) bond motifs is 1. The zero-order chi connectivity index (χ0) is 13.3. The van der Waals surface area contributed by atoms with Crippen LogP contribution in [0.2, 0.25) is 10.0 Å². The first-order valence-corrected chi connectivity index (χ1v) is 5.86. The molecule has 0 aliphatic rings. The normalized spacial score (nSPS) is 10.8. The van der Waals surface area contributed by atoms with Gasteiger partial charge >= 0.3 is 5.97 Å². The number of aliphatic carboxylic acids is 1. The van der Waals surface area contributed by atoms with Crippen LogP contribution in [0.4, 0.5) is 0 Å². The van der Waals surface area contributed by atoms with E-state index in [1.165, 1.54) is 18.2 Å². The Labute approximate surface area is 112 Å². The highest BCUT2D eigenvalue weighted by Crippen LogP contribution is 2.26. The Morgan fingerprint density at radius 2 is 2.00 bits per heavy atom. The molecule has 0 unspecified atom stereocenters. The minimum absolute atomic E-state index is 0.111. The average Bonchev–Trinajstić information content (AvgIpc) is 2.28. The van der Waals surface area contributed by atoms with Gasteiger partial charge in [-0.2, -0.15) is 0 Å². The highest BCUT2D eigenvalue weighted by atomic mass is 35.5. The number of hydrogen-bond donors (Lipinski definition) is 1. The van der Waals surface area contributed by atoms with E-state index in [0.717, 1.165) is 0 Å². The number of rotatable bonds is 3. The quantitative estimate of drug-likeness (QED) is 0.941. The molecule has 0 saturated carbocycles. The van der Waals surface area contributed by atoms with Crippen LogP contribution < -0.4 is 5.43 Å². The lowest BCUT2D eigenvalue weighted by Crippen LogP contribution is -2.04. The summed E-state index contributed by atoms with van der Waals surface area (Å²) < 4.78 is 5.42. The van der Waals surface area contributed by atoms with Gasteiger partial charge in [0.1, 0.15) is 5.76 Å². The first kappa shape index (κ1) is 12.9. The highest BCUT2D eigenvalue weighted by Gasteiger charge is 2.10. The molecule has 0 spiro atoms. The number of halogens is 2. The fourth-order valence-corrected chi connectivity index (χ4v) is 2.12. The average molecular weight is 287 g/mol. The molecule has 0 aliphatic carbocycles. The van der Waals surface area contributed by atoms with E-state index in [9.17, 15) is 9.59 Å². The molecular weight excluding hydrogens is 279 g/mol. The van der Waals surface area contributed by atoms with Crippen molar-refractivity contribution in [3.63, 3.8) is 0 Å². The summed E-state index contributed by atoms with van der Waals surface area (Å²) in [5.41, 5.74) is -0.0602. The van der Waals surface area contributed by atoms with Gasteiger partial charge in [-0.15, -0.1) is 0 Å². The van der Waals surface area contributed by atoms with Crippen LogP contribution in [0.15, 0.2) is 27.4 Å². The topological polar surface area (TPSA) is 67.5 Å². The predicted molar refractivity (Wildman–Crippen MR) is 68.5 cm³/mol. The number of aryl methyl sites for hydroxylation is 1. The molecule has 2 aromatic rings. The van der Waals surface area contributed by atoms with E-state index in [4.69, 9.17) is 32.7 Å². The van der Waals surface area contributed by atoms with Crippen LogP contribution in [0.1, 0.15) is 12.2 Å². The summed E-state index contributed by atoms with van der Waals surface area (Å²) >= 11 is 11.7. The highest BCUT2D eigenvalue weighted by molar-refractivity contribution is 6.38. The number of carboxylic acid groups (broad SMARTS) is 1. The third kappa shape index (κ3) is 2.66. The van der Waals surface area contributed by atoms with Crippen molar-refractivity contribution in [1.82, 2.24) is 0 Å². The fraction of sp³-hybridized carbons (Fsp3) is 0.167. The van der Waals surface area contributed by atoms with Crippen LogP contribution >= 0.6 is 23.2 Å².